The van der Waals surface area contributed by atoms with Crippen LogP contribution in [0, 0.1) is 0 Å². The topological polar surface area (TPSA) is 41.6 Å². The summed E-state index contributed by atoms with van der Waals surface area (Å²) in [6.45, 7) is 3.26. The van der Waals surface area contributed by atoms with Crippen molar-refractivity contribution in [2.75, 3.05) is 33.3 Å². The van der Waals surface area contributed by atoms with Crippen LogP contribution in [-0.2, 0) is 4.74 Å². The highest BCUT2D eigenvalue weighted by molar-refractivity contribution is 9.10. The Labute approximate surface area is 122 Å². The second-order valence-electron chi connectivity index (χ2n) is 4.72. The predicted molar refractivity (Wildman–Crippen MR) is 78.3 cm³/mol. The van der Waals surface area contributed by atoms with E-state index in [1.807, 2.05) is 31.3 Å². The maximum Gasteiger partial charge on any atom is 0.253 e. The van der Waals surface area contributed by atoms with Gasteiger partial charge in [-0.05, 0) is 30.7 Å². The Morgan fingerprint density at radius 3 is 2.84 bits per heavy atom. The van der Waals surface area contributed by atoms with Crippen molar-refractivity contribution in [2.45, 2.75) is 12.5 Å². The van der Waals surface area contributed by atoms with Gasteiger partial charge >= 0.3 is 0 Å². The van der Waals surface area contributed by atoms with E-state index in [1.54, 1.807) is 4.90 Å². The van der Waals surface area contributed by atoms with Crippen molar-refractivity contribution < 1.29 is 9.53 Å². The second kappa shape index (κ2) is 7.03. The molecule has 4 nitrogen and oxygen atoms in total. The van der Waals surface area contributed by atoms with E-state index < -0.39 is 0 Å². The van der Waals surface area contributed by atoms with Crippen molar-refractivity contribution in [3.05, 3.63) is 34.3 Å². The number of rotatable bonds is 4. The maximum atomic E-state index is 12.2. The molecule has 1 amide bonds. The number of hydrogen-bond acceptors (Lipinski definition) is 3. The van der Waals surface area contributed by atoms with Crippen LogP contribution in [-0.4, -0.2) is 50.2 Å². The fraction of sp³-hybridized carbons (Fsp3) is 0.500. The van der Waals surface area contributed by atoms with Crippen molar-refractivity contribution in [3.8, 4) is 0 Å². The van der Waals surface area contributed by atoms with Crippen LogP contribution in [0.15, 0.2) is 28.7 Å². The summed E-state index contributed by atoms with van der Waals surface area (Å²) in [5, 5.41) is 3.29. The zero-order chi connectivity index (χ0) is 13.7. The molecular weight excluding hydrogens is 308 g/mol. The lowest BCUT2D eigenvalue weighted by Gasteiger charge is -2.26. The number of amides is 1. The summed E-state index contributed by atoms with van der Waals surface area (Å²) in [4.78, 5) is 13.9. The Bertz CT molecular complexity index is 416. The fourth-order valence-corrected chi connectivity index (χ4v) is 2.32. The summed E-state index contributed by atoms with van der Waals surface area (Å²) in [6.07, 6.45) is 1.08. The Hall–Kier alpha value is -0.910. The molecular formula is C14H19BrN2O2. The van der Waals surface area contributed by atoms with Crippen LogP contribution >= 0.6 is 15.9 Å². The monoisotopic (exact) mass is 326 g/mol. The minimum Gasteiger partial charge on any atom is -0.376 e. The highest BCUT2D eigenvalue weighted by atomic mass is 79.9. The maximum absolute atomic E-state index is 12.2. The average molecular weight is 327 g/mol. The molecule has 1 aliphatic heterocycles. The molecule has 1 N–H and O–H groups in total. The molecule has 1 fully saturated rings. The first-order chi connectivity index (χ1) is 9.16. The normalized spacial score (nSPS) is 19.2. The molecule has 0 aliphatic carbocycles. The molecule has 0 spiro atoms. The standard InChI is InChI=1S/C14H19BrN2O2/c1-17(8-6-13-10-16-7-9-19-13)14(18)11-2-4-12(15)5-3-11/h2-5,13,16H,6-10H2,1H3. The molecule has 0 aromatic heterocycles. The van der Waals surface area contributed by atoms with Gasteiger partial charge in [-0.25, -0.2) is 0 Å². The quantitative estimate of drug-likeness (QED) is 0.918. The van der Waals surface area contributed by atoms with Gasteiger partial charge in [0.1, 0.15) is 0 Å². The first-order valence-electron chi connectivity index (χ1n) is 6.50. The molecule has 1 aromatic carbocycles. The molecule has 19 heavy (non-hydrogen) atoms. The van der Waals surface area contributed by atoms with E-state index in [0.29, 0.717) is 12.1 Å². The third-order valence-corrected chi connectivity index (χ3v) is 3.76. The van der Waals surface area contributed by atoms with Crippen molar-refractivity contribution >= 4 is 21.8 Å². The molecule has 5 heteroatoms. The number of ether oxygens (including phenoxy) is 1. The van der Waals surface area contributed by atoms with Crippen molar-refractivity contribution in [1.82, 2.24) is 10.2 Å². The first-order valence-corrected chi connectivity index (χ1v) is 7.29. The fourth-order valence-electron chi connectivity index (χ4n) is 2.06. The summed E-state index contributed by atoms with van der Waals surface area (Å²) in [7, 11) is 1.83. The van der Waals surface area contributed by atoms with Gasteiger partial charge in [-0.15, -0.1) is 0 Å². The Kier molecular flexibility index (Phi) is 5.36. The summed E-state index contributed by atoms with van der Waals surface area (Å²) < 4.78 is 6.60. The van der Waals surface area contributed by atoms with Crippen LogP contribution in [0.25, 0.3) is 0 Å². The van der Waals surface area contributed by atoms with E-state index in [9.17, 15) is 4.79 Å². The molecule has 1 aliphatic rings. The third-order valence-electron chi connectivity index (χ3n) is 3.23. The molecule has 2 rings (SSSR count). The smallest absolute Gasteiger partial charge is 0.253 e. The molecule has 104 valence electrons. The lowest BCUT2D eigenvalue weighted by molar-refractivity contribution is 0.0187. The highest BCUT2D eigenvalue weighted by Crippen LogP contribution is 2.12. The minimum atomic E-state index is 0.0521. The zero-order valence-corrected chi connectivity index (χ0v) is 12.6. The molecule has 0 saturated carbocycles. The van der Waals surface area contributed by atoms with Gasteiger partial charge in [0.15, 0.2) is 0 Å². The largest absolute Gasteiger partial charge is 0.376 e. The van der Waals surface area contributed by atoms with Crippen molar-refractivity contribution in [3.63, 3.8) is 0 Å². The zero-order valence-electron chi connectivity index (χ0n) is 11.1. The van der Waals surface area contributed by atoms with E-state index >= 15 is 0 Å². The second-order valence-corrected chi connectivity index (χ2v) is 5.63. The summed E-state index contributed by atoms with van der Waals surface area (Å²) >= 11 is 3.37. The predicted octanol–water partition coefficient (Wildman–Crippen LogP) is 1.90. The number of hydrogen-bond donors (Lipinski definition) is 1. The summed E-state index contributed by atoms with van der Waals surface area (Å²) in [5.41, 5.74) is 0.716. The Balaban J connectivity index is 1.83. The lowest BCUT2D eigenvalue weighted by Crippen LogP contribution is -2.40. The van der Waals surface area contributed by atoms with E-state index in [4.69, 9.17) is 4.74 Å². The van der Waals surface area contributed by atoms with E-state index in [1.165, 1.54) is 0 Å². The van der Waals surface area contributed by atoms with Gasteiger partial charge in [-0.3, -0.25) is 4.79 Å². The molecule has 1 aromatic rings. The van der Waals surface area contributed by atoms with Crippen molar-refractivity contribution in [2.24, 2.45) is 0 Å². The first kappa shape index (κ1) is 14.5. The number of carbonyl (C=O) groups excluding carboxylic acids is 1. The number of benzene rings is 1. The molecule has 0 radical (unpaired) electrons. The van der Waals surface area contributed by atoms with E-state index in [0.717, 1.165) is 30.6 Å². The van der Waals surface area contributed by atoms with Gasteiger partial charge in [0.25, 0.3) is 5.91 Å². The van der Waals surface area contributed by atoms with Crippen LogP contribution in [0.3, 0.4) is 0 Å². The van der Waals surface area contributed by atoms with Crippen LogP contribution in [0.4, 0.5) is 0 Å². The molecule has 1 atom stereocenters. The number of morpholine rings is 1. The van der Waals surface area contributed by atoms with Crippen LogP contribution in [0.5, 0.6) is 0 Å². The number of halogens is 1. The van der Waals surface area contributed by atoms with Gasteiger partial charge < -0.3 is 15.0 Å². The van der Waals surface area contributed by atoms with E-state index in [2.05, 4.69) is 21.2 Å². The van der Waals surface area contributed by atoms with Crippen molar-refractivity contribution in [1.29, 1.82) is 0 Å². The van der Waals surface area contributed by atoms with Gasteiger partial charge in [-0.2, -0.15) is 0 Å². The number of nitrogens with zero attached hydrogens (tertiary/aromatic N) is 1. The SMILES string of the molecule is CN(CCC1CNCCO1)C(=O)c1ccc(Br)cc1. The molecule has 0 bridgehead atoms. The van der Waals surface area contributed by atoms with Crippen LogP contribution in [0.2, 0.25) is 0 Å². The van der Waals surface area contributed by atoms with Gasteiger partial charge in [0.05, 0.1) is 12.7 Å². The van der Waals surface area contributed by atoms with Crippen LogP contribution < -0.4 is 5.32 Å². The lowest BCUT2D eigenvalue weighted by atomic mass is 10.2. The number of carbonyl (C=O) groups is 1. The van der Waals surface area contributed by atoms with Crippen LogP contribution in [0.1, 0.15) is 16.8 Å². The molecule has 1 unspecified atom stereocenters. The summed E-state index contributed by atoms with van der Waals surface area (Å²) in [5.74, 6) is 0.0521. The van der Waals surface area contributed by atoms with Gasteiger partial charge in [-0.1, -0.05) is 15.9 Å². The van der Waals surface area contributed by atoms with Gasteiger partial charge in [0, 0.05) is 36.7 Å². The number of nitrogens with one attached hydrogen (secondary N) is 1. The third kappa shape index (κ3) is 4.30. The summed E-state index contributed by atoms with van der Waals surface area (Å²) in [6, 6.07) is 7.44. The molecule has 1 heterocycles. The highest BCUT2D eigenvalue weighted by Gasteiger charge is 2.16. The molecule has 1 saturated heterocycles. The van der Waals surface area contributed by atoms with Gasteiger partial charge in [0.2, 0.25) is 0 Å². The Morgan fingerprint density at radius 1 is 1.47 bits per heavy atom. The average Bonchev–Trinajstić information content (AvgIpc) is 2.46. The minimum absolute atomic E-state index is 0.0521. The Morgan fingerprint density at radius 2 is 2.21 bits per heavy atom. The van der Waals surface area contributed by atoms with E-state index in [-0.39, 0.29) is 12.0 Å².